The van der Waals surface area contributed by atoms with Gasteiger partial charge in [0.1, 0.15) is 12.3 Å². The van der Waals surface area contributed by atoms with E-state index in [1.807, 2.05) is 0 Å². The number of unbranched alkanes of at least 4 members (excludes halogenated alkanes) is 26. The van der Waals surface area contributed by atoms with Crippen molar-refractivity contribution in [2.45, 2.75) is 232 Å². The van der Waals surface area contributed by atoms with Crippen LogP contribution in [0.2, 0.25) is 0 Å². The highest BCUT2D eigenvalue weighted by atomic mass is 16.8. The summed E-state index contributed by atoms with van der Waals surface area (Å²) >= 11 is 0. The number of rotatable bonds is 36. The zero-order valence-corrected chi connectivity index (χ0v) is 33.9. The molecule has 0 radical (unpaired) electrons. The van der Waals surface area contributed by atoms with Crippen molar-refractivity contribution in [3.8, 4) is 0 Å². The summed E-state index contributed by atoms with van der Waals surface area (Å²) < 4.78 is 25.9. The SMILES string of the molecule is CCCCCCCCCCCCCCCCOC(OCCCCCCCCCCCCCCCC)OC1C[C@H](n2cc(C)c(=O)[nH]c2=O)O[C@@H]1CO. The molecule has 9 nitrogen and oxygen atoms in total. The van der Waals surface area contributed by atoms with Crippen LogP contribution in [0.3, 0.4) is 0 Å². The Balaban J connectivity index is 1.69. The van der Waals surface area contributed by atoms with Crippen LogP contribution in [-0.4, -0.2) is 53.2 Å². The van der Waals surface area contributed by atoms with E-state index in [9.17, 15) is 14.7 Å². The van der Waals surface area contributed by atoms with Crippen LogP contribution >= 0.6 is 0 Å². The van der Waals surface area contributed by atoms with E-state index >= 15 is 0 Å². The van der Waals surface area contributed by atoms with Crippen molar-refractivity contribution in [3.05, 3.63) is 32.6 Å². The van der Waals surface area contributed by atoms with E-state index in [4.69, 9.17) is 18.9 Å². The lowest BCUT2D eigenvalue weighted by molar-refractivity contribution is -0.309. The summed E-state index contributed by atoms with van der Waals surface area (Å²) in [5.41, 5.74) is -0.545. The Labute approximate surface area is 317 Å². The summed E-state index contributed by atoms with van der Waals surface area (Å²) in [7, 11) is 0. The summed E-state index contributed by atoms with van der Waals surface area (Å²) in [5, 5.41) is 10.1. The van der Waals surface area contributed by atoms with E-state index in [1.54, 1.807) is 6.92 Å². The molecule has 0 bridgehead atoms. The average molecular weight is 737 g/mol. The number of ether oxygens (including phenoxy) is 4. The second-order valence-corrected chi connectivity index (χ2v) is 15.4. The molecule has 1 aromatic heterocycles. The first kappa shape index (κ1) is 46.6. The van der Waals surface area contributed by atoms with E-state index in [2.05, 4.69) is 18.8 Å². The normalized spacial score (nSPS) is 17.5. The molecule has 2 N–H and O–H groups in total. The summed E-state index contributed by atoms with van der Waals surface area (Å²) in [6.07, 6.45) is 36.5. The van der Waals surface area contributed by atoms with Gasteiger partial charge in [-0.2, -0.15) is 0 Å². The predicted octanol–water partition coefficient (Wildman–Crippen LogP) is 10.8. The maximum atomic E-state index is 12.5. The van der Waals surface area contributed by atoms with Gasteiger partial charge in [0, 0.05) is 18.2 Å². The summed E-state index contributed by atoms with van der Waals surface area (Å²) in [4.78, 5) is 26.7. The number of nitrogens with zero attached hydrogens (tertiary/aromatic N) is 1. The molecule has 9 heteroatoms. The largest absolute Gasteiger partial charge is 0.394 e. The second kappa shape index (κ2) is 31.8. The third-order valence-electron chi connectivity index (χ3n) is 10.6. The number of H-pyrrole nitrogens is 1. The maximum Gasteiger partial charge on any atom is 0.330 e. The zero-order chi connectivity index (χ0) is 37.5. The number of aliphatic hydroxyl groups is 1. The first-order valence-electron chi connectivity index (χ1n) is 22.0. The second-order valence-electron chi connectivity index (χ2n) is 15.4. The molecule has 52 heavy (non-hydrogen) atoms. The Bertz CT molecular complexity index is 1040. The molecule has 1 aliphatic heterocycles. The monoisotopic (exact) mass is 737 g/mol. The van der Waals surface area contributed by atoms with E-state index in [0.717, 1.165) is 25.7 Å². The zero-order valence-electron chi connectivity index (χ0n) is 33.9. The van der Waals surface area contributed by atoms with Crippen LogP contribution in [0.1, 0.15) is 212 Å². The number of aryl methyl sites for hydroxylation is 1. The third kappa shape index (κ3) is 22.0. The fourth-order valence-electron chi connectivity index (χ4n) is 7.20. The number of aromatic amines is 1. The molecular formula is C43H80N2O7. The molecule has 3 atom stereocenters. The first-order valence-corrected chi connectivity index (χ1v) is 22.0. The van der Waals surface area contributed by atoms with Crippen LogP contribution in [0, 0.1) is 6.92 Å². The minimum absolute atomic E-state index is 0.261. The highest BCUT2D eigenvalue weighted by Gasteiger charge is 2.39. The molecule has 0 amide bonds. The van der Waals surface area contributed by atoms with Crippen LogP contribution in [0.5, 0.6) is 0 Å². The Morgan fingerprint density at radius 3 is 1.44 bits per heavy atom. The third-order valence-corrected chi connectivity index (χ3v) is 10.6. The minimum atomic E-state index is -0.862. The molecule has 2 rings (SSSR count). The number of aliphatic hydroxyl groups excluding tert-OH is 1. The van der Waals surface area contributed by atoms with Gasteiger partial charge in [0.25, 0.3) is 12.0 Å². The standard InChI is InChI=1S/C43H80N2O7/c1-4-6-8-10-12-14-16-18-20-22-24-26-28-30-32-49-43(50-33-31-29-27-25-23-21-19-17-15-13-11-9-7-5-2)52-38-34-40(51-39(38)36-46)45-35-37(3)41(47)44-42(45)48/h35,38-40,43,46H,4-34,36H2,1-3H3,(H,44,47,48)/t38?,39-,40-/m1/s1. The maximum absolute atomic E-state index is 12.5. The predicted molar refractivity (Wildman–Crippen MR) is 213 cm³/mol. The van der Waals surface area contributed by atoms with Crippen LogP contribution < -0.4 is 11.2 Å². The molecule has 0 spiro atoms. The van der Waals surface area contributed by atoms with Crippen LogP contribution in [0.4, 0.5) is 0 Å². The molecule has 1 aliphatic rings. The lowest BCUT2D eigenvalue weighted by Crippen LogP contribution is -2.34. The minimum Gasteiger partial charge on any atom is -0.394 e. The molecule has 2 heterocycles. The van der Waals surface area contributed by atoms with Gasteiger partial charge in [-0.15, -0.1) is 0 Å². The van der Waals surface area contributed by atoms with Crippen molar-refractivity contribution < 1.29 is 24.1 Å². The molecule has 0 saturated carbocycles. The van der Waals surface area contributed by atoms with Crippen LogP contribution in [-0.2, 0) is 18.9 Å². The molecule has 0 aliphatic carbocycles. The summed E-state index contributed by atoms with van der Waals surface area (Å²) in [6.45, 7) is 6.16. The van der Waals surface area contributed by atoms with Gasteiger partial charge in [0.05, 0.1) is 25.9 Å². The van der Waals surface area contributed by atoms with Crippen molar-refractivity contribution in [1.29, 1.82) is 0 Å². The molecular weight excluding hydrogens is 656 g/mol. The fourth-order valence-corrected chi connectivity index (χ4v) is 7.20. The van der Waals surface area contributed by atoms with E-state index in [0.29, 0.717) is 25.2 Å². The Kier molecular flexibility index (Phi) is 28.5. The van der Waals surface area contributed by atoms with Crippen molar-refractivity contribution >= 4 is 0 Å². The number of aromatic nitrogens is 2. The highest BCUT2D eigenvalue weighted by Crippen LogP contribution is 2.31. The van der Waals surface area contributed by atoms with E-state index < -0.39 is 36.2 Å². The van der Waals surface area contributed by atoms with Crippen molar-refractivity contribution in [2.24, 2.45) is 0 Å². The number of hydrogen-bond acceptors (Lipinski definition) is 7. The highest BCUT2D eigenvalue weighted by molar-refractivity contribution is 5.02. The van der Waals surface area contributed by atoms with Gasteiger partial charge in [-0.3, -0.25) is 14.3 Å². The average Bonchev–Trinajstić information content (AvgIpc) is 3.55. The van der Waals surface area contributed by atoms with Crippen molar-refractivity contribution in [2.75, 3.05) is 19.8 Å². The van der Waals surface area contributed by atoms with Gasteiger partial charge < -0.3 is 24.1 Å². The first-order chi connectivity index (χ1) is 25.5. The molecule has 0 aromatic carbocycles. The van der Waals surface area contributed by atoms with Gasteiger partial charge in [-0.1, -0.05) is 181 Å². The lowest BCUT2D eigenvalue weighted by atomic mass is 10.0. The number of nitrogens with one attached hydrogen (secondary N) is 1. The molecule has 1 saturated heterocycles. The lowest BCUT2D eigenvalue weighted by Gasteiger charge is -2.24. The quantitative estimate of drug-likeness (QED) is 0.0521. The Morgan fingerprint density at radius 1 is 0.673 bits per heavy atom. The Hall–Kier alpha value is -1.52. The Morgan fingerprint density at radius 2 is 1.06 bits per heavy atom. The smallest absolute Gasteiger partial charge is 0.330 e. The van der Waals surface area contributed by atoms with Gasteiger partial charge in [0.2, 0.25) is 0 Å². The van der Waals surface area contributed by atoms with Gasteiger partial charge in [-0.25, -0.2) is 4.79 Å². The molecule has 1 aromatic rings. The van der Waals surface area contributed by atoms with Crippen molar-refractivity contribution in [1.82, 2.24) is 9.55 Å². The topological polar surface area (TPSA) is 112 Å². The molecule has 1 fully saturated rings. The molecule has 1 unspecified atom stereocenters. The van der Waals surface area contributed by atoms with Crippen LogP contribution in [0.15, 0.2) is 15.8 Å². The van der Waals surface area contributed by atoms with E-state index in [1.165, 1.54) is 165 Å². The summed E-state index contributed by atoms with van der Waals surface area (Å²) in [6, 6.07) is 0. The van der Waals surface area contributed by atoms with Gasteiger partial charge in [-0.05, 0) is 19.8 Å². The van der Waals surface area contributed by atoms with E-state index in [-0.39, 0.29) is 6.61 Å². The summed E-state index contributed by atoms with van der Waals surface area (Å²) in [5.74, 6) is 0. The van der Waals surface area contributed by atoms with Gasteiger partial charge >= 0.3 is 5.69 Å². The van der Waals surface area contributed by atoms with Crippen molar-refractivity contribution in [3.63, 3.8) is 0 Å². The molecule has 304 valence electrons. The van der Waals surface area contributed by atoms with Crippen LogP contribution in [0.25, 0.3) is 0 Å². The number of hydrogen-bond donors (Lipinski definition) is 2. The fraction of sp³-hybridized carbons (Fsp3) is 0.907. The van der Waals surface area contributed by atoms with Gasteiger partial charge in [0.15, 0.2) is 0 Å².